The smallest absolute Gasteiger partial charge is 0.172 e. The summed E-state index contributed by atoms with van der Waals surface area (Å²) in [7, 11) is 2.66. The highest BCUT2D eigenvalue weighted by molar-refractivity contribution is 6.02. The van der Waals surface area contributed by atoms with Crippen molar-refractivity contribution < 1.29 is 34.4 Å². The first kappa shape index (κ1) is 18.3. The molecule has 25 heavy (non-hydrogen) atoms. The minimum Gasteiger partial charge on any atom is -0.504 e. The van der Waals surface area contributed by atoms with Crippen LogP contribution in [0.1, 0.15) is 32.2 Å². The van der Waals surface area contributed by atoms with Crippen molar-refractivity contribution in [2.75, 3.05) is 20.8 Å². The first-order valence-electron chi connectivity index (χ1n) is 7.35. The lowest BCUT2D eigenvalue weighted by molar-refractivity contribution is 0.0918. The number of carbonyl (C=O) groups is 2. The molecule has 0 heterocycles. The summed E-state index contributed by atoms with van der Waals surface area (Å²) in [6.45, 7) is -0.596. The topological polar surface area (TPSA) is 113 Å². The van der Waals surface area contributed by atoms with Crippen molar-refractivity contribution in [1.82, 2.24) is 0 Å². The Morgan fingerprint density at radius 1 is 1.12 bits per heavy atom. The van der Waals surface area contributed by atoms with Gasteiger partial charge in [0, 0.05) is 16.7 Å². The fraction of sp³-hybridized carbons (Fsp3) is 0.222. The van der Waals surface area contributed by atoms with Gasteiger partial charge in [-0.25, -0.2) is 0 Å². The summed E-state index contributed by atoms with van der Waals surface area (Å²) in [4.78, 5) is 23.9. The minimum atomic E-state index is -1.12. The number of ether oxygens (including phenoxy) is 2. The van der Waals surface area contributed by atoms with Crippen molar-refractivity contribution in [3.8, 4) is 23.0 Å². The zero-order chi connectivity index (χ0) is 18.6. The van der Waals surface area contributed by atoms with Gasteiger partial charge < -0.3 is 24.8 Å². The lowest BCUT2D eigenvalue weighted by atomic mass is 9.89. The maximum absolute atomic E-state index is 12.8. The number of benzene rings is 2. The Kier molecular flexibility index (Phi) is 5.61. The molecular weight excluding hydrogens is 328 g/mol. The van der Waals surface area contributed by atoms with Crippen LogP contribution in [0.5, 0.6) is 23.0 Å². The van der Waals surface area contributed by atoms with E-state index in [9.17, 15) is 24.9 Å². The van der Waals surface area contributed by atoms with Gasteiger partial charge in [0.15, 0.2) is 28.8 Å². The van der Waals surface area contributed by atoms with Gasteiger partial charge in [-0.3, -0.25) is 9.59 Å². The van der Waals surface area contributed by atoms with Gasteiger partial charge in [0.25, 0.3) is 0 Å². The average molecular weight is 346 g/mol. The highest BCUT2D eigenvalue weighted by Gasteiger charge is 2.27. The molecule has 7 nitrogen and oxygen atoms in total. The standard InChI is InChI=1S/C18H18O7/c1-24-15-7-11(3-4-14(15)21)17(22)13(9-20)12-5-10(8-19)6-16(25-2)18(12)23/h3-8,13,20-21,23H,9H2,1-2H3/t13-/m1/s1. The maximum Gasteiger partial charge on any atom is 0.172 e. The quantitative estimate of drug-likeness (QED) is 0.518. The number of aliphatic hydroxyl groups is 1. The van der Waals surface area contributed by atoms with E-state index in [1.165, 1.54) is 44.6 Å². The number of hydrogen-bond acceptors (Lipinski definition) is 7. The predicted octanol–water partition coefficient (Wildman–Crippen LogP) is 1.89. The van der Waals surface area contributed by atoms with Gasteiger partial charge in [-0.15, -0.1) is 0 Å². The Balaban J connectivity index is 2.52. The van der Waals surface area contributed by atoms with Crippen molar-refractivity contribution in [2.24, 2.45) is 0 Å². The van der Waals surface area contributed by atoms with E-state index in [-0.39, 0.29) is 39.7 Å². The average Bonchev–Trinajstić information content (AvgIpc) is 2.63. The number of methoxy groups -OCH3 is 2. The molecule has 132 valence electrons. The van der Waals surface area contributed by atoms with Gasteiger partial charge in [0.1, 0.15) is 6.29 Å². The third-order valence-electron chi connectivity index (χ3n) is 3.82. The molecule has 0 saturated heterocycles. The summed E-state index contributed by atoms with van der Waals surface area (Å²) >= 11 is 0. The van der Waals surface area contributed by atoms with Gasteiger partial charge in [0.2, 0.25) is 0 Å². The summed E-state index contributed by atoms with van der Waals surface area (Å²) in [6.07, 6.45) is 0.550. The van der Waals surface area contributed by atoms with Crippen LogP contribution in [-0.2, 0) is 0 Å². The third kappa shape index (κ3) is 3.56. The van der Waals surface area contributed by atoms with Crippen LogP contribution in [0.15, 0.2) is 30.3 Å². The monoisotopic (exact) mass is 346 g/mol. The van der Waals surface area contributed by atoms with E-state index < -0.39 is 18.3 Å². The number of Topliss-reactive ketones (excluding diaryl/α,β-unsaturated/α-hetero) is 1. The highest BCUT2D eigenvalue weighted by Crippen LogP contribution is 2.37. The molecule has 0 saturated carbocycles. The first-order chi connectivity index (χ1) is 12.0. The van der Waals surface area contributed by atoms with E-state index in [4.69, 9.17) is 9.47 Å². The molecule has 0 spiro atoms. The van der Waals surface area contributed by atoms with Crippen LogP contribution in [0.25, 0.3) is 0 Å². The molecule has 0 aliphatic carbocycles. The van der Waals surface area contributed by atoms with Crippen molar-refractivity contribution in [1.29, 1.82) is 0 Å². The van der Waals surface area contributed by atoms with E-state index >= 15 is 0 Å². The van der Waals surface area contributed by atoms with E-state index in [1.807, 2.05) is 0 Å². The fourth-order valence-electron chi connectivity index (χ4n) is 2.50. The SMILES string of the molecule is COc1cc(C(=O)[C@H](CO)c2cc(C=O)cc(OC)c2O)ccc1O. The van der Waals surface area contributed by atoms with Crippen LogP contribution in [0.3, 0.4) is 0 Å². The fourth-order valence-corrected chi connectivity index (χ4v) is 2.50. The van der Waals surface area contributed by atoms with Crippen LogP contribution in [-0.4, -0.2) is 48.2 Å². The zero-order valence-electron chi connectivity index (χ0n) is 13.7. The van der Waals surface area contributed by atoms with Crippen molar-refractivity contribution in [2.45, 2.75) is 5.92 Å². The summed E-state index contributed by atoms with van der Waals surface area (Å²) < 4.78 is 9.98. The molecule has 7 heteroatoms. The number of phenols is 2. The maximum atomic E-state index is 12.8. The molecule has 2 rings (SSSR count). The number of aromatic hydroxyl groups is 2. The number of aliphatic hydroxyl groups excluding tert-OH is 1. The summed E-state index contributed by atoms with van der Waals surface area (Å²) in [5.41, 5.74) is 0.434. The molecule has 0 amide bonds. The second-order valence-corrected chi connectivity index (χ2v) is 5.26. The molecule has 0 aliphatic heterocycles. The molecule has 2 aromatic carbocycles. The molecule has 0 aromatic heterocycles. The Morgan fingerprint density at radius 3 is 2.36 bits per heavy atom. The Hall–Kier alpha value is -3.06. The van der Waals surface area contributed by atoms with Crippen LogP contribution in [0.4, 0.5) is 0 Å². The van der Waals surface area contributed by atoms with E-state index in [0.29, 0.717) is 6.29 Å². The predicted molar refractivity (Wildman–Crippen MR) is 88.9 cm³/mol. The minimum absolute atomic E-state index is 0.0223. The normalized spacial score (nSPS) is 11.6. The van der Waals surface area contributed by atoms with E-state index in [1.54, 1.807) is 0 Å². The molecule has 0 bridgehead atoms. The molecule has 2 aromatic rings. The second-order valence-electron chi connectivity index (χ2n) is 5.26. The Bertz CT molecular complexity index is 798. The van der Waals surface area contributed by atoms with Crippen LogP contribution in [0, 0.1) is 0 Å². The number of hydrogen-bond donors (Lipinski definition) is 3. The van der Waals surface area contributed by atoms with Gasteiger partial charge in [0.05, 0.1) is 26.7 Å². The van der Waals surface area contributed by atoms with Crippen LogP contribution in [0.2, 0.25) is 0 Å². The molecule has 1 atom stereocenters. The Labute approximate surface area is 144 Å². The van der Waals surface area contributed by atoms with Gasteiger partial charge >= 0.3 is 0 Å². The third-order valence-corrected chi connectivity index (χ3v) is 3.82. The van der Waals surface area contributed by atoms with Gasteiger partial charge in [-0.05, 0) is 30.3 Å². The van der Waals surface area contributed by atoms with Crippen LogP contribution >= 0.6 is 0 Å². The number of ketones is 1. The van der Waals surface area contributed by atoms with Gasteiger partial charge in [-0.1, -0.05) is 0 Å². The zero-order valence-corrected chi connectivity index (χ0v) is 13.7. The molecule has 0 aliphatic rings. The molecule has 3 N–H and O–H groups in total. The van der Waals surface area contributed by atoms with Crippen molar-refractivity contribution in [3.05, 3.63) is 47.0 Å². The number of carbonyl (C=O) groups excluding carboxylic acids is 2. The van der Waals surface area contributed by atoms with E-state index in [0.717, 1.165) is 0 Å². The van der Waals surface area contributed by atoms with Crippen LogP contribution < -0.4 is 9.47 Å². The second kappa shape index (κ2) is 7.67. The van der Waals surface area contributed by atoms with Gasteiger partial charge in [-0.2, -0.15) is 0 Å². The molecule has 0 radical (unpaired) electrons. The molecule has 0 unspecified atom stereocenters. The summed E-state index contributed by atoms with van der Waals surface area (Å²) in [5.74, 6) is -1.97. The lowest BCUT2D eigenvalue weighted by Crippen LogP contribution is -2.17. The lowest BCUT2D eigenvalue weighted by Gasteiger charge is -2.18. The van der Waals surface area contributed by atoms with Crippen molar-refractivity contribution >= 4 is 12.1 Å². The summed E-state index contributed by atoms with van der Waals surface area (Å²) in [6, 6.07) is 6.65. The first-order valence-corrected chi connectivity index (χ1v) is 7.35. The van der Waals surface area contributed by atoms with Crippen molar-refractivity contribution in [3.63, 3.8) is 0 Å². The Morgan fingerprint density at radius 2 is 1.80 bits per heavy atom. The van der Waals surface area contributed by atoms with E-state index in [2.05, 4.69) is 0 Å². The molecule has 0 fully saturated rings. The molecular formula is C18H18O7. The number of phenolic OH excluding ortho intramolecular Hbond substituents is 2. The largest absolute Gasteiger partial charge is 0.504 e. The summed E-state index contributed by atoms with van der Waals surface area (Å²) in [5, 5.41) is 29.6. The number of rotatable bonds is 7. The highest BCUT2D eigenvalue weighted by atomic mass is 16.5. The number of aldehydes is 1.